The van der Waals surface area contributed by atoms with Crippen LogP contribution in [-0.4, -0.2) is 15.8 Å². The Balaban J connectivity index is 1.27. The van der Waals surface area contributed by atoms with Crippen molar-refractivity contribution in [2.75, 3.05) is 0 Å². The lowest BCUT2D eigenvalue weighted by Crippen LogP contribution is -1.96. The average molecular weight is 457 g/mol. The molecular weight excluding hydrogens is 436 g/mol. The molecule has 168 valence electrons. The summed E-state index contributed by atoms with van der Waals surface area (Å²) in [4.78, 5) is 21.5. The predicted molar refractivity (Wildman–Crippen MR) is 138 cm³/mol. The number of ketones is 1. The molecule has 0 aliphatic heterocycles. The van der Waals surface area contributed by atoms with Crippen molar-refractivity contribution in [1.82, 2.24) is 9.97 Å². The lowest BCUT2D eigenvalue weighted by atomic mass is 9.99. The first kappa shape index (κ1) is 20.8. The van der Waals surface area contributed by atoms with E-state index in [0.29, 0.717) is 17.3 Å². The van der Waals surface area contributed by atoms with E-state index in [2.05, 4.69) is 9.97 Å². The van der Waals surface area contributed by atoms with Crippen LogP contribution >= 0.6 is 0 Å². The second-order valence-corrected chi connectivity index (χ2v) is 8.29. The van der Waals surface area contributed by atoms with Crippen LogP contribution in [0.4, 0.5) is 0 Å². The Bertz CT molecular complexity index is 1660. The highest BCUT2D eigenvalue weighted by Crippen LogP contribution is 2.28. The number of rotatable bonds is 5. The first-order chi connectivity index (χ1) is 17.1. The van der Waals surface area contributed by atoms with Gasteiger partial charge in [0.05, 0.1) is 0 Å². The molecule has 4 aromatic carbocycles. The minimum Gasteiger partial charge on any atom is -0.436 e. The minimum absolute atomic E-state index is 0.0195. The maximum absolute atomic E-state index is 12.4. The smallest absolute Gasteiger partial charge is 0.227 e. The summed E-state index contributed by atoms with van der Waals surface area (Å²) >= 11 is 0. The molecule has 0 fully saturated rings. The topological polar surface area (TPSA) is 69.1 Å². The van der Waals surface area contributed by atoms with Gasteiger partial charge in [-0.1, -0.05) is 54.6 Å². The van der Waals surface area contributed by atoms with E-state index in [9.17, 15) is 4.79 Å². The van der Waals surface area contributed by atoms with E-state index < -0.39 is 0 Å². The van der Waals surface area contributed by atoms with Crippen LogP contribution in [0.5, 0.6) is 0 Å². The van der Waals surface area contributed by atoms with Crippen molar-refractivity contribution in [2.45, 2.75) is 6.92 Å². The van der Waals surface area contributed by atoms with Crippen LogP contribution in [0.15, 0.2) is 99.8 Å². The Kier molecular flexibility index (Phi) is 5.08. The zero-order valence-corrected chi connectivity index (χ0v) is 18.9. The molecule has 0 N–H and O–H groups in total. The van der Waals surface area contributed by atoms with Crippen molar-refractivity contribution in [1.29, 1.82) is 0 Å². The minimum atomic E-state index is -0.0195. The lowest BCUT2D eigenvalue weighted by Gasteiger charge is -2.05. The van der Waals surface area contributed by atoms with Crippen LogP contribution in [0.1, 0.15) is 28.4 Å². The standard InChI is InChI=1S/C30H20N2O3/c1-19(33)24-18-23(30-32-26-7-3-5-9-28(26)35-30)17-16-21(24)13-10-20-11-14-22(15-12-20)29-31-25-6-2-4-8-27(25)34-29/h2-18H,1H3. The highest BCUT2D eigenvalue weighted by molar-refractivity contribution is 5.99. The van der Waals surface area contributed by atoms with E-state index in [1.165, 1.54) is 0 Å². The number of hydrogen-bond donors (Lipinski definition) is 0. The highest BCUT2D eigenvalue weighted by atomic mass is 16.4. The summed E-state index contributed by atoms with van der Waals surface area (Å²) < 4.78 is 11.7. The molecule has 0 spiro atoms. The van der Waals surface area contributed by atoms with Gasteiger partial charge in [-0.05, 0) is 66.6 Å². The second kappa shape index (κ2) is 8.54. The van der Waals surface area contributed by atoms with Gasteiger partial charge in [0.1, 0.15) is 11.0 Å². The molecule has 0 atom stereocenters. The van der Waals surface area contributed by atoms with Gasteiger partial charge in [-0.25, -0.2) is 9.97 Å². The SMILES string of the molecule is CC(=O)c1cc(-c2nc3ccccc3o2)ccc1C=Cc1ccc(-c2nc3ccccc3o2)cc1. The molecule has 6 aromatic rings. The van der Waals surface area contributed by atoms with Gasteiger partial charge in [0, 0.05) is 16.7 Å². The number of carbonyl (C=O) groups is 1. The first-order valence-electron chi connectivity index (χ1n) is 11.3. The number of nitrogens with zero attached hydrogens (tertiary/aromatic N) is 2. The van der Waals surface area contributed by atoms with Gasteiger partial charge in [0.2, 0.25) is 11.8 Å². The summed E-state index contributed by atoms with van der Waals surface area (Å²) in [5.74, 6) is 1.07. The lowest BCUT2D eigenvalue weighted by molar-refractivity contribution is 0.101. The van der Waals surface area contributed by atoms with Crippen LogP contribution in [-0.2, 0) is 0 Å². The summed E-state index contributed by atoms with van der Waals surface area (Å²) in [5.41, 5.74) is 7.24. The molecule has 5 heteroatoms. The van der Waals surface area contributed by atoms with E-state index in [1.54, 1.807) is 6.92 Å². The van der Waals surface area contributed by atoms with E-state index >= 15 is 0 Å². The third kappa shape index (κ3) is 4.04. The van der Waals surface area contributed by atoms with E-state index in [1.807, 2.05) is 103 Å². The molecular formula is C30H20N2O3. The molecule has 5 nitrogen and oxygen atoms in total. The molecule has 0 bridgehead atoms. The van der Waals surface area contributed by atoms with E-state index in [0.717, 1.165) is 44.5 Å². The zero-order chi connectivity index (χ0) is 23.8. The number of para-hydroxylation sites is 4. The van der Waals surface area contributed by atoms with E-state index in [-0.39, 0.29) is 5.78 Å². The van der Waals surface area contributed by atoms with Crippen molar-refractivity contribution in [3.05, 3.63) is 108 Å². The van der Waals surface area contributed by atoms with Crippen molar-refractivity contribution in [2.24, 2.45) is 0 Å². The highest BCUT2D eigenvalue weighted by Gasteiger charge is 2.12. The fraction of sp³-hybridized carbons (Fsp3) is 0.0333. The number of benzene rings is 4. The predicted octanol–water partition coefficient (Wildman–Crippen LogP) is 7.68. The Morgan fingerprint density at radius 1 is 0.686 bits per heavy atom. The van der Waals surface area contributed by atoms with Crippen LogP contribution in [0.3, 0.4) is 0 Å². The number of oxazole rings is 2. The number of carbonyl (C=O) groups excluding carboxylic acids is 1. The molecule has 6 rings (SSSR count). The zero-order valence-electron chi connectivity index (χ0n) is 18.9. The van der Waals surface area contributed by atoms with Crippen molar-refractivity contribution >= 4 is 40.1 Å². The van der Waals surface area contributed by atoms with Gasteiger partial charge in [-0.3, -0.25) is 4.79 Å². The second-order valence-electron chi connectivity index (χ2n) is 8.29. The average Bonchev–Trinajstić information content (AvgIpc) is 3.52. The molecule has 0 saturated heterocycles. The Labute approximate surface area is 201 Å². The maximum atomic E-state index is 12.4. The third-order valence-electron chi connectivity index (χ3n) is 5.88. The molecule has 0 unspecified atom stereocenters. The van der Waals surface area contributed by atoms with E-state index in [4.69, 9.17) is 8.83 Å². The van der Waals surface area contributed by atoms with Crippen LogP contribution in [0.2, 0.25) is 0 Å². The summed E-state index contributed by atoms with van der Waals surface area (Å²) in [6.45, 7) is 1.57. The Morgan fingerprint density at radius 3 is 1.86 bits per heavy atom. The van der Waals surface area contributed by atoms with Gasteiger partial charge in [0.25, 0.3) is 0 Å². The number of Topliss-reactive ketones (excluding diaryl/α,β-unsaturated/α-hetero) is 1. The molecule has 0 saturated carbocycles. The van der Waals surface area contributed by atoms with Crippen LogP contribution < -0.4 is 0 Å². The molecule has 0 amide bonds. The van der Waals surface area contributed by atoms with Gasteiger partial charge >= 0.3 is 0 Å². The fourth-order valence-corrected chi connectivity index (χ4v) is 4.05. The number of hydrogen-bond acceptors (Lipinski definition) is 5. The van der Waals surface area contributed by atoms with Gasteiger partial charge in [0.15, 0.2) is 16.9 Å². The van der Waals surface area contributed by atoms with Crippen molar-refractivity contribution < 1.29 is 13.6 Å². The third-order valence-corrected chi connectivity index (χ3v) is 5.88. The molecule has 0 aliphatic rings. The summed E-state index contributed by atoms with van der Waals surface area (Å²) in [6.07, 6.45) is 3.93. The quantitative estimate of drug-likeness (QED) is 0.197. The van der Waals surface area contributed by atoms with Gasteiger partial charge < -0.3 is 8.83 Å². The summed E-state index contributed by atoms with van der Waals surface area (Å²) in [5, 5.41) is 0. The molecule has 2 heterocycles. The maximum Gasteiger partial charge on any atom is 0.227 e. The largest absolute Gasteiger partial charge is 0.436 e. The molecule has 0 aliphatic carbocycles. The van der Waals surface area contributed by atoms with Crippen molar-refractivity contribution in [3.63, 3.8) is 0 Å². The van der Waals surface area contributed by atoms with Gasteiger partial charge in [-0.15, -0.1) is 0 Å². The number of fused-ring (bicyclic) bond motifs is 2. The molecule has 0 radical (unpaired) electrons. The van der Waals surface area contributed by atoms with Gasteiger partial charge in [-0.2, -0.15) is 0 Å². The normalized spacial score (nSPS) is 11.6. The fourth-order valence-electron chi connectivity index (χ4n) is 4.05. The Hall–Kier alpha value is -4.77. The summed E-state index contributed by atoms with van der Waals surface area (Å²) in [6, 6.07) is 29.0. The first-order valence-corrected chi connectivity index (χ1v) is 11.3. The molecule has 2 aromatic heterocycles. The monoisotopic (exact) mass is 456 g/mol. The van der Waals surface area contributed by atoms with Crippen molar-refractivity contribution in [3.8, 4) is 22.9 Å². The van der Waals surface area contributed by atoms with Crippen LogP contribution in [0, 0.1) is 0 Å². The Morgan fingerprint density at radius 2 is 1.26 bits per heavy atom. The number of aromatic nitrogens is 2. The molecule has 35 heavy (non-hydrogen) atoms. The van der Waals surface area contributed by atoms with Crippen LogP contribution in [0.25, 0.3) is 57.3 Å². The summed E-state index contributed by atoms with van der Waals surface area (Å²) in [7, 11) is 0.